The Labute approximate surface area is 169 Å². The fourth-order valence-corrected chi connectivity index (χ4v) is 3.95. The Morgan fingerprint density at radius 3 is 2.62 bits per heavy atom. The number of nitrogens with two attached hydrogens (primary N) is 1. The predicted molar refractivity (Wildman–Crippen MR) is 111 cm³/mol. The number of fused-ring (bicyclic) bond motifs is 1. The van der Waals surface area contributed by atoms with Gasteiger partial charge in [0.25, 0.3) is 5.91 Å². The second kappa shape index (κ2) is 7.66. The number of hydrogen-bond acceptors (Lipinski definition) is 4. The van der Waals surface area contributed by atoms with E-state index in [1.165, 1.54) is 0 Å². The zero-order valence-electron chi connectivity index (χ0n) is 16.7. The minimum absolute atomic E-state index is 0.0994. The van der Waals surface area contributed by atoms with E-state index in [0.29, 0.717) is 35.3 Å². The highest BCUT2D eigenvalue weighted by Crippen LogP contribution is 2.29. The standard InChI is InChI=1S/C22H25N5O2/c1-14(2)27-21-17(13-24-27)16(12-18(25-21)15-8-4-3-5-9-15)22(29)26-11-7-6-10-19(26)20(23)28/h3-5,8-9,12-14,19H,6-7,10-11H2,1-2H3,(H2,23,28)/t19-/m1/s1. The van der Waals surface area contributed by atoms with E-state index < -0.39 is 11.9 Å². The molecule has 0 spiro atoms. The maximum atomic E-state index is 13.5. The quantitative estimate of drug-likeness (QED) is 0.739. The zero-order chi connectivity index (χ0) is 20.5. The van der Waals surface area contributed by atoms with Gasteiger partial charge in [-0.25, -0.2) is 9.67 Å². The minimum Gasteiger partial charge on any atom is -0.368 e. The Kier molecular flexibility index (Phi) is 5.05. The van der Waals surface area contributed by atoms with Gasteiger partial charge in [0.05, 0.1) is 22.8 Å². The Balaban J connectivity index is 1.88. The largest absolute Gasteiger partial charge is 0.368 e. The molecule has 3 aromatic rings. The lowest BCUT2D eigenvalue weighted by molar-refractivity contribution is -0.123. The van der Waals surface area contributed by atoms with Gasteiger partial charge in [-0.05, 0) is 39.2 Å². The molecule has 2 aromatic heterocycles. The van der Waals surface area contributed by atoms with Crippen molar-refractivity contribution in [3.8, 4) is 11.3 Å². The summed E-state index contributed by atoms with van der Waals surface area (Å²) in [5.41, 5.74) is 8.39. The van der Waals surface area contributed by atoms with Gasteiger partial charge in [-0.2, -0.15) is 5.10 Å². The Morgan fingerprint density at radius 2 is 1.93 bits per heavy atom. The third-order valence-corrected chi connectivity index (χ3v) is 5.45. The van der Waals surface area contributed by atoms with Crippen LogP contribution in [-0.2, 0) is 4.79 Å². The number of aromatic nitrogens is 3. The molecule has 150 valence electrons. The monoisotopic (exact) mass is 391 g/mol. The first kappa shape index (κ1) is 19.1. The van der Waals surface area contributed by atoms with Gasteiger partial charge < -0.3 is 10.6 Å². The molecule has 0 radical (unpaired) electrons. The molecular formula is C22H25N5O2. The van der Waals surface area contributed by atoms with Crippen molar-refractivity contribution in [2.45, 2.75) is 45.2 Å². The first-order valence-corrected chi connectivity index (χ1v) is 10.0. The van der Waals surface area contributed by atoms with E-state index in [9.17, 15) is 9.59 Å². The molecule has 1 aliphatic heterocycles. The molecule has 29 heavy (non-hydrogen) atoms. The van der Waals surface area contributed by atoms with Crippen LogP contribution in [0.15, 0.2) is 42.6 Å². The van der Waals surface area contributed by atoms with Crippen molar-refractivity contribution in [1.82, 2.24) is 19.7 Å². The first-order valence-electron chi connectivity index (χ1n) is 10.0. The summed E-state index contributed by atoms with van der Waals surface area (Å²) in [6.07, 6.45) is 4.05. The van der Waals surface area contributed by atoms with Gasteiger partial charge in [0.2, 0.25) is 5.91 Å². The van der Waals surface area contributed by atoms with Crippen molar-refractivity contribution < 1.29 is 9.59 Å². The van der Waals surface area contributed by atoms with E-state index >= 15 is 0 Å². The second-order valence-corrected chi connectivity index (χ2v) is 7.75. The number of nitrogens with zero attached hydrogens (tertiary/aromatic N) is 4. The number of carbonyl (C=O) groups is 2. The van der Waals surface area contributed by atoms with Gasteiger partial charge in [-0.1, -0.05) is 30.3 Å². The van der Waals surface area contributed by atoms with E-state index in [4.69, 9.17) is 10.7 Å². The van der Waals surface area contributed by atoms with E-state index in [-0.39, 0.29) is 11.9 Å². The molecule has 0 saturated carbocycles. The number of amides is 2. The predicted octanol–water partition coefficient (Wildman–Crippen LogP) is 3.16. The number of hydrogen-bond donors (Lipinski definition) is 1. The highest BCUT2D eigenvalue weighted by Gasteiger charge is 2.32. The van der Waals surface area contributed by atoms with Crippen LogP contribution in [0.3, 0.4) is 0 Å². The van der Waals surface area contributed by atoms with Crippen LogP contribution in [0.1, 0.15) is 49.5 Å². The number of benzene rings is 1. The van der Waals surface area contributed by atoms with E-state index in [2.05, 4.69) is 5.10 Å². The molecule has 2 N–H and O–H groups in total. The summed E-state index contributed by atoms with van der Waals surface area (Å²) < 4.78 is 1.82. The van der Waals surface area contributed by atoms with Gasteiger partial charge in [-0.15, -0.1) is 0 Å². The highest BCUT2D eigenvalue weighted by atomic mass is 16.2. The van der Waals surface area contributed by atoms with Gasteiger partial charge in [-0.3, -0.25) is 9.59 Å². The third-order valence-electron chi connectivity index (χ3n) is 5.45. The molecule has 2 amide bonds. The lowest BCUT2D eigenvalue weighted by Gasteiger charge is -2.33. The van der Waals surface area contributed by atoms with E-state index in [0.717, 1.165) is 18.4 Å². The molecule has 0 unspecified atom stereocenters. The van der Waals surface area contributed by atoms with Crippen LogP contribution in [0.5, 0.6) is 0 Å². The average molecular weight is 391 g/mol. The lowest BCUT2D eigenvalue weighted by atomic mass is 9.99. The molecule has 1 aromatic carbocycles. The molecule has 7 nitrogen and oxygen atoms in total. The van der Waals surface area contributed by atoms with Crippen LogP contribution in [0.25, 0.3) is 22.3 Å². The summed E-state index contributed by atoms with van der Waals surface area (Å²) in [6.45, 7) is 4.58. The van der Waals surface area contributed by atoms with Crippen LogP contribution < -0.4 is 5.73 Å². The minimum atomic E-state index is -0.570. The first-order chi connectivity index (χ1) is 14.0. The molecule has 0 bridgehead atoms. The van der Waals surface area contributed by atoms with E-state index in [1.54, 1.807) is 17.2 Å². The van der Waals surface area contributed by atoms with Crippen LogP contribution in [0, 0.1) is 0 Å². The Bertz CT molecular complexity index is 1060. The molecular weight excluding hydrogens is 366 g/mol. The maximum absolute atomic E-state index is 13.5. The zero-order valence-corrected chi connectivity index (χ0v) is 16.7. The number of pyridine rings is 1. The van der Waals surface area contributed by atoms with Gasteiger partial charge in [0.1, 0.15) is 6.04 Å². The molecule has 1 aliphatic rings. The van der Waals surface area contributed by atoms with Crippen LogP contribution in [0.2, 0.25) is 0 Å². The SMILES string of the molecule is CC(C)n1ncc2c(C(=O)N3CCCC[C@@H]3C(N)=O)cc(-c3ccccc3)nc21. The topological polar surface area (TPSA) is 94.1 Å². The number of likely N-dealkylation sites (tertiary alicyclic amines) is 1. The maximum Gasteiger partial charge on any atom is 0.255 e. The van der Waals surface area contributed by atoms with Crippen LogP contribution >= 0.6 is 0 Å². The molecule has 0 aliphatic carbocycles. The average Bonchev–Trinajstić information content (AvgIpc) is 3.17. The summed E-state index contributed by atoms with van der Waals surface area (Å²) in [6, 6.07) is 11.1. The Hall–Kier alpha value is -3.22. The third kappa shape index (κ3) is 3.48. The van der Waals surface area contributed by atoms with Gasteiger partial charge in [0.15, 0.2) is 5.65 Å². The highest BCUT2D eigenvalue weighted by molar-refractivity contribution is 6.07. The molecule has 4 rings (SSSR count). The second-order valence-electron chi connectivity index (χ2n) is 7.75. The fraction of sp³-hybridized carbons (Fsp3) is 0.364. The normalized spacial score (nSPS) is 17.1. The summed E-state index contributed by atoms with van der Waals surface area (Å²) in [5, 5.41) is 5.16. The smallest absolute Gasteiger partial charge is 0.255 e. The summed E-state index contributed by atoms with van der Waals surface area (Å²) in [5.74, 6) is -0.647. The summed E-state index contributed by atoms with van der Waals surface area (Å²) in [7, 11) is 0. The van der Waals surface area contributed by atoms with Gasteiger partial charge in [0, 0.05) is 18.2 Å². The molecule has 3 heterocycles. The summed E-state index contributed by atoms with van der Waals surface area (Å²) >= 11 is 0. The van der Waals surface area contributed by atoms with Crippen LogP contribution in [0.4, 0.5) is 0 Å². The van der Waals surface area contributed by atoms with Crippen molar-refractivity contribution in [2.75, 3.05) is 6.54 Å². The Morgan fingerprint density at radius 1 is 1.17 bits per heavy atom. The molecule has 7 heteroatoms. The van der Waals surface area contributed by atoms with E-state index in [1.807, 2.05) is 48.9 Å². The van der Waals surface area contributed by atoms with Crippen molar-refractivity contribution in [3.05, 3.63) is 48.2 Å². The number of piperidine rings is 1. The number of rotatable bonds is 4. The number of carbonyl (C=O) groups excluding carboxylic acids is 2. The summed E-state index contributed by atoms with van der Waals surface area (Å²) in [4.78, 5) is 31.9. The van der Waals surface area contributed by atoms with Crippen molar-refractivity contribution in [3.63, 3.8) is 0 Å². The lowest BCUT2D eigenvalue weighted by Crippen LogP contribution is -2.50. The molecule has 1 fully saturated rings. The van der Waals surface area contributed by atoms with Crippen molar-refractivity contribution in [1.29, 1.82) is 0 Å². The number of primary amides is 1. The van der Waals surface area contributed by atoms with Crippen molar-refractivity contribution in [2.24, 2.45) is 5.73 Å². The fourth-order valence-electron chi connectivity index (χ4n) is 3.95. The van der Waals surface area contributed by atoms with Crippen LogP contribution in [-0.4, -0.2) is 44.1 Å². The van der Waals surface area contributed by atoms with Gasteiger partial charge >= 0.3 is 0 Å². The molecule has 1 atom stereocenters. The molecule has 1 saturated heterocycles. The van der Waals surface area contributed by atoms with Crippen molar-refractivity contribution >= 4 is 22.8 Å².